The molecule has 0 saturated carbocycles. The van der Waals surface area contributed by atoms with E-state index in [0.717, 1.165) is 23.6 Å². The van der Waals surface area contributed by atoms with Crippen LogP contribution in [0.3, 0.4) is 0 Å². The highest BCUT2D eigenvalue weighted by molar-refractivity contribution is 5.53. The SMILES string of the molecule is Cc1cccc(Cc2nc3ccccn3c2N)c1. The summed E-state index contributed by atoms with van der Waals surface area (Å²) in [5.74, 6) is 0.729. The van der Waals surface area contributed by atoms with E-state index < -0.39 is 0 Å². The average Bonchev–Trinajstić information content (AvgIpc) is 2.67. The Morgan fingerprint density at radius 2 is 2.06 bits per heavy atom. The van der Waals surface area contributed by atoms with Gasteiger partial charge in [0, 0.05) is 12.6 Å². The minimum Gasteiger partial charge on any atom is -0.383 e. The third-order valence-electron chi connectivity index (χ3n) is 3.10. The second-order valence-corrected chi connectivity index (χ2v) is 4.54. The number of nitrogen functional groups attached to an aromatic ring is 1. The van der Waals surface area contributed by atoms with Gasteiger partial charge in [-0.05, 0) is 24.6 Å². The number of aryl methyl sites for hydroxylation is 1. The van der Waals surface area contributed by atoms with Crippen molar-refractivity contribution in [2.75, 3.05) is 5.73 Å². The molecular weight excluding hydrogens is 222 g/mol. The molecule has 0 aliphatic rings. The Labute approximate surface area is 106 Å². The third-order valence-corrected chi connectivity index (χ3v) is 3.10. The van der Waals surface area contributed by atoms with Gasteiger partial charge < -0.3 is 5.73 Å². The van der Waals surface area contributed by atoms with Crippen molar-refractivity contribution in [3.05, 3.63) is 65.5 Å². The summed E-state index contributed by atoms with van der Waals surface area (Å²) in [4.78, 5) is 4.58. The van der Waals surface area contributed by atoms with Crippen molar-refractivity contribution in [1.29, 1.82) is 0 Å². The monoisotopic (exact) mass is 237 g/mol. The molecule has 1 aromatic carbocycles. The lowest BCUT2D eigenvalue weighted by Crippen LogP contribution is -1.97. The van der Waals surface area contributed by atoms with E-state index in [-0.39, 0.29) is 0 Å². The Hall–Kier alpha value is -2.29. The van der Waals surface area contributed by atoms with Crippen LogP contribution in [0.5, 0.6) is 0 Å². The van der Waals surface area contributed by atoms with Crippen LogP contribution >= 0.6 is 0 Å². The Balaban J connectivity index is 2.02. The highest BCUT2D eigenvalue weighted by Gasteiger charge is 2.08. The van der Waals surface area contributed by atoms with Gasteiger partial charge in [-0.25, -0.2) is 4.98 Å². The molecule has 3 nitrogen and oxygen atoms in total. The molecule has 3 heteroatoms. The zero-order valence-electron chi connectivity index (χ0n) is 10.3. The van der Waals surface area contributed by atoms with E-state index in [1.807, 2.05) is 28.8 Å². The van der Waals surface area contributed by atoms with E-state index in [9.17, 15) is 0 Å². The zero-order valence-corrected chi connectivity index (χ0v) is 10.3. The van der Waals surface area contributed by atoms with E-state index in [1.54, 1.807) is 0 Å². The lowest BCUT2D eigenvalue weighted by atomic mass is 10.1. The normalized spacial score (nSPS) is 10.9. The molecular formula is C15H15N3. The summed E-state index contributed by atoms with van der Waals surface area (Å²) in [7, 11) is 0. The van der Waals surface area contributed by atoms with Gasteiger partial charge in [-0.2, -0.15) is 0 Å². The van der Waals surface area contributed by atoms with Gasteiger partial charge in [0.25, 0.3) is 0 Å². The lowest BCUT2D eigenvalue weighted by Gasteiger charge is -2.01. The molecule has 2 N–H and O–H groups in total. The number of anilines is 1. The van der Waals surface area contributed by atoms with Gasteiger partial charge in [0.2, 0.25) is 0 Å². The van der Waals surface area contributed by atoms with E-state index >= 15 is 0 Å². The molecule has 0 saturated heterocycles. The minimum absolute atomic E-state index is 0.729. The van der Waals surface area contributed by atoms with Crippen molar-refractivity contribution in [2.24, 2.45) is 0 Å². The standard InChI is InChI=1S/C15H15N3/c1-11-5-4-6-12(9-11)10-13-15(16)18-8-3-2-7-14(18)17-13/h2-9H,10,16H2,1H3. The van der Waals surface area contributed by atoms with Gasteiger partial charge in [-0.15, -0.1) is 0 Å². The molecule has 0 amide bonds. The minimum atomic E-state index is 0.729. The van der Waals surface area contributed by atoms with Crippen LogP contribution in [0.15, 0.2) is 48.7 Å². The Bertz CT molecular complexity index is 698. The van der Waals surface area contributed by atoms with E-state index in [1.165, 1.54) is 11.1 Å². The van der Waals surface area contributed by atoms with Gasteiger partial charge in [-0.1, -0.05) is 35.9 Å². The van der Waals surface area contributed by atoms with Gasteiger partial charge >= 0.3 is 0 Å². The number of pyridine rings is 1. The second-order valence-electron chi connectivity index (χ2n) is 4.54. The van der Waals surface area contributed by atoms with Crippen molar-refractivity contribution in [3.8, 4) is 0 Å². The number of fused-ring (bicyclic) bond motifs is 1. The first-order valence-corrected chi connectivity index (χ1v) is 6.01. The van der Waals surface area contributed by atoms with Gasteiger partial charge in [0.15, 0.2) is 0 Å². The molecule has 0 unspecified atom stereocenters. The highest BCUT2D eigenvalue weighted by atomic mass is 15.1. The molecule has 0 fully saturated rings. The van der Waals surface area contributed by atoms with Gasteiger partial charge in [0.1, 0.15) is 11.5 Å². The van der Waals surface area contributed by atoms with Crippen LogP contribution in [0.25, 0.3) is 5.65 Å². The second kappa shape index (κ2) is 4.18. The maximum Gasteiger partial charge on any atom is 0.138 e. The first-order chi connectivity index (χ1) is 8.74. The van der Waals surface area contributed by atoms with Crippen LogP contribution in [0, 0.1) is 6.92 Å². The van der Waals surface area contributed by atoms with E-state index in [0.29, 0.717) is 0 Å². The first-order valence-electron chi connectivity index (χ1n) is 6.01. The molecule has 18 heavy (non-hydrogen) atoms. The topological polar surface area (TPSA) is 43.3 Å². The van der Waals surface area contributed by atoms with Crippen molar-refractivity contribution in [1.82, 2.24) is 9.38 Å². The smallest absolute Gasteiger partial charge is 0.138 e. The maximum atomic E-state index is 6.13. The van der Waals surface area contributed by atoms with Crippen LogP contribution < -0.4 is 5.73 Å². The summed E-state index contributed by atoms with van der Waals surface area (Å²) in [6.07, 6.45) is 2.71. The number of aromatic nitrogens is 2. The van der Waals surface area contributed by atoms with Crippen LogP contribution in [0.2, 0.25) is 0 Å². The predicted octanol–water partition coefficient (Wildman–Crippen LogP) is 2.82. The summed E-state index contributed by atoms with van der Waals surface area (Å²) < 4.78 is 1.92. The number of nitrogens with zero attached hydrogens (tertiary/aromatic N) is 2. The predicted molar refractivity (Wildman–Crippen MR) is 73.6 cm³/mol. The number of benzene rings is 1. The number of nitrogens with two attached hydrogens (primary N) is 1. The van der Waals surface area contributed by atoms with E-state index in [2.05, 4.69) is 36.2 Å². The fourth-order valence-electron chi connectivity index (χ4n) is 2.21. The van der Waals surface area contributed by atoms with Crippen molar-refractivity contribution in [3.63, 3.8) is 0 Å². The largest absolute Gasteiger partial charge is 0.383 e. The Morgan fingerprint density at radius 1 is 1.17 bits per heavy atom. The highest BCUT2D eigenvalue weighted by Crippen LogP contribution is 2.18. The molecule has 0 bridgehead atoms. The average molecular weight is 237 g/mol. The number of hydrogen-bond acceptors (Lipinski definition) is 2. The van der Waals surface area contributed by atoms with Crippen molar-refractivity contribution >= 4 is 11.5 Å². The molecule has 0 aliphatic heterocycles. The van der Waals surface area contributed by atoms with Crippen LogP contribution in [0.4, 0.5) is 5.82 Å². The maximum absolute atomic E-state index is 6.13. The Morgan fingerprint density at radius 3 is 2.83 bits per heavy atom. The fourth-order valence-corrected chi connectivity index (χ4v) is 2.21. The van der Waals surface area contributed by atoms with Crippen molar-refractivity contribution in [2.45, 2.75) is 13.3 Å². The van der Waals surface area contributed by atoms with Crippen LogP contribution in [-0.4, -0.2) is 9.38 Å². The van der Waals surface area contributed by atoms with Crippen LogP contribution in [0.1, 0.15) is 16.8 Å². The number of rotatable bonds is 2. The molecule has 2 heterocycles. The molecule has 3 aromatic rings. The first kappa shape index (κ1) is 10.8. The molecule has 90 valence electrons. The summed E-state index contributed by atoms with van der Waals surface area (Å²) in [5.41, 5.74) is 10.5. The van der Waals surface area contributed by atoms with Crippen LogP contribution in [-0.2, 0) is 6.42 Å². The Kier molecular flexibility index (Phi) is 2.52. The molecule has 0 atom stereocenters. The molecule has 0 radical (unpaired) electrons. The number of imidazole rings is 1. The zero-order chi connectivity index (χ0) is 12.5. The summed E-state index contributed by atoms with van der Waals surface area (Å²) in [6, 6.07) is 14.3. The fraction of sp³-hybridized carbons (Fsp3) is 0.133. The lowest BCUT2D eigenvalue weighted by molar-refractivity contribution is 1.11. The van der Waals surface area contributed by atoms with Crippen molar-refractivity contribution < 1.29 is 0 Å². The molecule has 0 spiro atoms. The van der Waals surface area contributed by atoms with Gasteiger partial charge in [-0.3, -0.25) is 4.40 Å². The van der Waals surface area contributed by atoms with E-state index in [4.69, 9.17) is 5.73 Å². The summed E-state index contributed by atoms with van der Waals surface area (Å²) in [6.45, 7) is 2.09. The third kappa shape index (κ3) is 1.84. The summed E-state index contributed by atoms with van der Waals surface area (Å²) in [5, 5.41) is 0. The molecule has 2 aromatic heterocycles. The molecule has 3 rings (SSSR count). The summed E-state index contributed by atoms with van der Waals surface area (Å²) >= 11 is 0. The number of hydrogen-bond donors (Lipinski definition) is 1. The quantitative estimate of drug-likeness (QED) is 0.744. The molecule has 0 aliphatic carbocycles. The van der Waals surface area contributed by atoms with Gasteiger partial charge in [0.05, 0.1) is 5.69 Å².